The van der Waals surface area contributed by atoms with Gasteiger partial charge in [0.05, 0.1) is 11.7 Å². The first-order chi connectivity index (χ1) is 9.10. The number of hydrogen-bond acceptors (Lipinski definition) is 2. The van der Waals surface area contributed by atoms with Gasteiger partial charge in [-0.15, -0.1) is 0 Å². The molecule has 1 aromatic carbocycles. The minimum absolute atomic E-state index is 0.241. The fourth-order valence-corrected chi connectivity index (χ4v) is 2.37. The van der Waals surface area contributed by atoms with Gasteiger partial charge >= 0.3 is 0 Å². The molecule has 102 valence electrons. The number of aryl methyl sites for hydroxylation is 2. The Balaban J connectivity index is 2.14. The van der Waals surface area contributed by atoms with E-state index in [2.05, 4.69) is 75.1 Å². The number of halogens is 1. The summed E-state index contributed by atoms with van der Waals surface area (Å²) in [5.74, 6) is 0.953. The van der Waals surface area contributed by atoms with Crippen LogP contribution in [0.5, 0.6) is 0 Å². The molecule has 0 spiro atoms. The molecule has 2 rings (SSSR count). The van der Waals surface area contributed by atoms with Crippen LogP contribution in [0.1, 0.15) is 37.6 Å². The highest BCUT2D eigenvalue weighted by atomic mass is 79.9. The third-order valence-corrected chi connectivity index (χ3v) is 3.61. The molecule has 4 heteroatoms. The molecular weight excluding hydrogens is 302 g/mol. The first-order valence-electron chi connectivity index (χ1n) is 6.66. The van der Waals surface area contributed by atoms with E-state index in [-0.39, 0.29) is 6.04 Å². The lowest BCUT2D eigenvalue weighted by atomic mass is 10.1. The van der Waals surface area contributed by atoms with Gasteiger partial charge in [-0.1, -0.05) is 35.0 Å². The minimum Gasteiger partial charge on any atom is -0.349 e. The summed E-state index contributed by atoms with van der Waals surface area (Å²) in [4.78, 5) is 4.55. The van der Waals surface area contributed by atoms with Crippen molar-refractivity contribution in [3.63, 3.8) is 0 Å². The van der Waals surface area contributed by atoms with E-state index in [0.29, 0.717) is 0 Å². The molecule has 1 aromatic heterocycles. The number of benzene rings is 1. The summed E-state index contributed by atoms with van der Waals surface area (Å²) in [6.07, 6.45) is 3.21. The Labute approximate surface area is 123 Å². The highest BCUT2D eigenvalue weighted by molar-refractivity contribution is 9.10. The van der Waals surface area contributed by atoms with Gasteiger partial charge in [-0.05, 0) is 38.0 Å². The molecule has 1 atom stereocenters. The van der Waals surface area contributed by atoms with E-state index in [9.17, 15) is 0 Å². The van der Waals surface area contributed by atoms with Gasteiger partial charge in [0.25, 0.3) is 0 Å². The maximum Gasteiger partial charge on any atom is 0.203 e. The molecule has 1 unspecified atom stereocenters. The van der Waals surface area contributed by atoms with Crippen molar-refractivity contribution in [2.45, 2.75) is 39.8 Å². The SMILES string of the molecule is CCCn1cc(C)nc1NC(C)c1ccc(Br)cc1. The van der Waals surface area contributed by atoms with Crippen molar-refractivity contribution >= 4 is 21.9 Å². The summed E-state index contributed by atoms with van der Waals surface area (Å²) < 4.78 is 3.29. The summed E-state index contributed by atoms with van der Waals surface area (Å²) in [6.45, 7) is 7.36. The largest absolute Gasteiger partial charge is 0.349 e. The number of nitrogens with zero attached hydrogens (tertiary/aromatic N) is 2. The number of nitrogens with one attached hydrogen (secondary N) is 1. The van der Waals surface area contributed by atoms with Gasteiger partial charge < -0.3 is 9.88 Å². The maximum atomic E-state index is 4.55. The molecule has 19 heavy (non-hydrogen) atoms. The maximum absolute atomic E-state index is 4.55. The molecule has 0 fully saturated rings. The van der Waals surface area contributed by atoms with Gasteiger partial charge in [-0.3, -0.25) is 0 Å². The molecule has 1 heterocycles. The van der Waals surface area contributed by atoms with Gasteiger partial charge in [0.1, 0.15) is 0 Å². The molecule has 3 nitrogen and oxygen atoms in total. The Morgan fingerprint density at radius 3 is 2.63 bits per heavy atom. The summed E-state index contributed by atoms with van der Waals surface area (Å²) in [5.41, 5.74) is 2.31. The van der Waals surface area contributed by atoms with Gasteiger partial charge in [-0.25, -0.2) is 4.98 Å². The van der Waals surface area contributed by atoms with E-state index >= 15 is 0 Å². The zero-order chi connectivity index (χ0) is 13.8. The molecule has 2 aromatic rings. The van der Waals surface area contributed by atoms with Crippen molar-refractivity contribution < 1.29 is 0 Å². The van der Waals surface area contributed by atoms with E-state index in [1.165, 1.54) is 5.56 Å². The van der Waals surface area contributed by atoms with Crippen LogP contribution in [0.15, 0.2) is 34.9 Å². The summed E-state index contributed by atoms with van der Waals surface area (Å²) in [5, 5.41) is 3.49. The van der Waals surface area contributed by atoms with Crippen LogP contribution >= 0.6 is 15.9 Å². The number of hydrogen-bond donors (Lipinski definition) is 1. The van der Waals surface area contributed by atoms with Crippen LogP contribution in [0, 0.1) is 6.92 Å². The Kier molecular flexibility index (Phi) is 4.64. The quantitative estimate of drug-likeness (QED) is 0.876. The summed E-state index contributed by atoms with van der Waals surface area (Å²) in [6, 6.07) is 8.63. The molecule has 0 aliphatic heterocycles. The average molecular weight is 322 g/mol. The Morgan fingerprint density at radius 1 is 1.32 bits per heavy atom. The second-order valence-electron chi connectivity index (χ2n) is 4.82. The fourth-order valence-electron chi connectivity index (χ4n) is 2.10. The van der Waals surface area contributed by atoms with E-state index in [1.54, 1.807) is 0 Å². The van der Waals surface area contributed by atoms with Crippen molar-refractivity contribution in [1.82, 2.24) is 9.55 Å². The van der Waals surface area contributed by atoms with Crippen LogP contribution in [-0.2, 0) is 6.54 Å². The lowest BCUT2D eigenvalue weighted by molar-refractivity contribution is 0.674. The first-order valence-corrected chi connectivity index (χ1v) is 7.45. The third kappa shape index (κ3) is 3.60. The molecule has 0 aliphatic rings. The van der Waals surface area contributed by atoms with Crippen molar-refractivity contribution in [1.29, 1.82) is 0 Å². The van der Waals surface area contributed by atoms with Gasteiger partial charge in [0.15, 0.2) is 0 Å². The standard InChI is InChI=1S/C15H20BrN3/c1-4-9-19-10-11(2)17-15(19)18-12(3)13-5-7-14(16)8-6-13/h5-8,10,12H,4,9H2,1-3H3,(H,17,18). The van der Waals surface area contributed by atoms with Gasteiger partial charge in [-0.2, -0.15) is 0 Å². The van der Waals surface area contributed by atoms with Crippen LogP contribution in [-0.4, -0.2) is 9.55 Å². The Hall–Kier alpha value is -1.29. The van der Waals surface area contributed by atoms with E-state index < -0.39 is 0 Å². The third-order valence-electron chi connectivity index (χ3n) is 3.08. The molecular formula is C15H20BrN3. The number of aromatic nitrogens is 2. The normalized spacial score (nSPS) is 12.4. The van der Waals surface area contributed by atoms with Crippen LogP contribution < -0.4 is 5.32 Å². The average Bonchev–Trinajstić information content (AvgIpc) is 2.71. The number of anilines is 1. The predicted molar refractivity (Wildman–Crippen MR) is 83.4 cm³/mol. The van der Waals surface area contributed by atoms with E-state index in [4.69, 9.17) is 0 Å². The highest BCUT2D eigenvalue weighted by Crippen LogP contribution is 2.21. The van der Waals surface area contributed by atoms with Crippen molar-refractivity contribution in [3.8, 4) is 0 Å². The second kappa shape index (κ2) is 6.24. The van der Waals surface area contributed by atoms with Gasteiger partial charge in [0, 0.05) is 17.2 Å². The lowest BCUT2D eigenvalue weighted by Crippen LogP contribution is -2.11. The fraction of sp³-hybridized carbons (Fsp3) is 0.400. The lowest BCUT2D eigenvalue weighted by Gasteiger charge is -2.16. The monoisotopic (exact) mass is 321 g/mol. The van der Waals surface area contributed by atoms with Crippen molar-refractivity contribution in [3.05, 3.63) is 46.2 Å². The first kappa shape index (κ1) is 14.1. The van der Waals surface area contributed by atoms with Crippen LogP contribution in [0.25, 0.3) is 0 Å². The smallest absolute Gasteiger partial charge is 0.203 e. The van der Waals surface area contributed by atoms with Crippen molar-refractivity contribution in [2.24, 2.45) is 0 Å². The molecule has 0 radical (unpaired) electrons. The summed E-state index contributed by atoms with van der Waals surface area (Å²) >= 11 is 3.46. The van der Waals surface area contributed by atoms with Gasteiger partial charge in [0.2, 0.25) is 5.95 Å². The summed E-state index contributed by atoms with van der Waals surface area (Å²) in [7, 11) is 0. The molecule has 1 N–H and O–H groups in total. The zero-order valence-electron chi connectivity index (χ0n) is 11.7. The topological polar surface area (TPSA) is 29.9 Å². The minimum atomic E-state index is 0.241. The van der Waals surface area contributed by atoms with Crippen LogP contribution in [0.2, 0.25) is 0 Å². The predicted octanol–water partition coefficient (Wildman–Crippen LogP) is 4.54. The molecule has 0 amide bonds. The molecule has 0 saturated heterocycles. The van der Waals surface area contributed by atoms with E-state index in [1.807, 2.05) is 6.92 Å². The molecule has 0 bridgehead atoms. The van der Waals surface area contributed by atoms with Crippen molar-refractivity contribution in [2.75, 3.05) is 5.32 Å². The second-order valence-corrected chi connectivity index (χ2v) is 5.73. The zero-order valence-corrected chi connectivity index (χ0v) is 13.2. The molecule has 0 saturated carbocycles. The highest BCUT2D eigenvalue weighted by Gasteiger charge is 2.10. The molecule has 0 aliphatic carbocycles. The number of imidazole rings is 1. The van der Waals surface area contributed by atoms with E-state index in [0.717, 1.165) is 29.1 Å². The Bertz CT molecular complexity index is 531. The Morgan fingerprint density at radius 2 is 2.00 bits per heavy atom. The number of rotatable bonds is 5. The van der Waals surface area contributed by atoms with Crippen LogP contribution in [0.3, 0.4) is 0 Å². The van der Waals surface area contributed by atoms with Crippen LogP contribution in [0.4, 0.5) is 5.95 Å².